The monoisotopic (exact) mass is 411 g/mol. The van der Waals surface area contributed by atoms with Crippen LogP contribution < -0.4 is 4.74 Å². The van der Waals surface area contributed by atoms with Crippen LogP contribution in [-0.4, -0.2) is 18.0 Å². The summed E-state index contributed by atoms with van der Waals surface area (Å²) in [4.78, 5) is 2.43. The van der Waals surface area contributed by atoms with E-state index < -0.39 is 17.5 Å². The van der Waals surface area contributed by atoms with Gasteiger partial charge in [0.1, 0.15) is 5.75 Å². The maximum Gasteiger partial charge on any atom is 0.168 e. The number of piperidine rings is 1. The van der Waals surface area contributed by atoms with Crippen LogP contribution in [0.25, 0.3) is 0 Å². The summed E-state index contributed by atoms with van der Waals surface area (Å²) in [5.74, 6) is -2.65. The molecule has 0 radical (unpaired) electrons. The van der Waals surface area contributed by atoms with Gasteiger partial charge in [0.25, 0.3) is 0 Å². The highest BCUT2D eigenvalue weighted by Gasteiger charge is 2.21. The molecule has 0 atom stereocenters. The van der Waals surface area contributed by atoms with Crippen LogP contribution in [0.1, 0.15) is 35.4 Å². The minimum absolute atomic E-state index is 0.333. The lowest BCUT2D eigenvalue weighted by Gasteiger charge is -2.32. The highest BCUT2D eigenvalue weighted by atomic mass is 19.2. The normalized spacial score (nSPS) is 15.3. The van der Waals surface area contributed by atoms with Crippen molar-refractivity contribution in [1.29, 1.82) is 0 Å². The van der Waals surface area contributed by atoms with Gasteiger partial charge in [-0.05, 0) is 67.6 Å². The van der Waals surface area contributed by atoms with E-state index in [4.69, 9.17) is 4.74 Å². The fraction of sp³-hybridized carbons (Fsp3) is 0.280. The molecule has 0 N–H and O–H groups in total. The van der Waals surface area contributed by atoms with Gasteiger partial charge in [0.05, 0.1) is 0 Å². The van der Waals surface area contributed by atoms with E-state index in [0.717, 1.165) is 44.1 Å². The standard InChI is InChI=1S/C25H24F3NO/c1-17-4-2-3-5-21(17)19-10-12-29(13-11-19)16-18-6-8-20(9-7-18)30-25-15-23(27)22(26)14-24(25)28/h2-9,14-15,19H,10-13,16H2,1H3. The SMILES string of the molecule is Cc1ccccc1C1CCN(Cc2ccc(Oc3cc(F)c(F)cc3F)cc2)CC1. The number of nitrogens with zero attached hydrogens (tertiary/aromatic N) is 1. The highest BCUT2D eigenvalue weighted by molar-refractivity contribution is 5.35. The number of benzene rings is 3. The van der Waals surface area contributed by atoms with Crippen molar-refractivity contribution >= 4 is 0 Å². The molecule has 2 nitrogen and oxygen atoms in total. The zero-order valence-electron chi connectivity index (χ0n) is 16.9. The van der Waals surface area contributed by atoms with Crippen LogP contribution in [0, 0.1) is 24.4 Å². The second kappa shape index (κ2) is 8.92. The first-order valence-electron chi connectivity index (χ1n) is 10.2. The van der Waals surface area contributed by atoms with Gasteiger partial charge in [-0.1, -0.05) is 36.4 Å². The van der Waals surface area contributed by atoms with Gasteiger partial charge in [-0.25, -0.2) is 13.2 Å². The predicted molar refractivity (Wildman–Crippen MR) is 111 cm³/mol. The van der Waals surface area contributed by atoms with Crippen molar-refractivity contribution in [3.63, 3.8) is 0 Å². The first kappa shape index (κ1) is 20.5. The van der Waals surface area contributed by atoms with E-state index in [2.05, 4.69) is 36.1 Å². The lowest BCUT2D eigenvalue weighted by molar-refractivity contribution is 0.204. The van der Waals surface area contributed by atoms with Gasteiger partial charge in [-0.2, -0.15) is 0 Å². The number of ether oxygens (including phenoxy) is 1. The Morgan fingerprint density at radius 1 is 0.867 bits per heavy atom. The van der Waals surface area contributed by atoms with E-state index in [1.807, 2.05) is 12.1 Å². The molecule has 156 valence electrons. The summed E-state index contributed by atoms with van der Waals surface area (Å²) < 4.78 is 45.5. The van der Waals surface area contributed by atoms with Crippen LogP contribution in [0.4, 0.5) is 13.2 Å². The molecule has 1 aliphatic rings. The summed E-state index contributed by atoms with van der Waals surface area (Å²) in [6.45, 7) is 5.09. The van der Waals surface area contributed by atoms with Crippen LogP contribution in [-0.2, 0) is 6.54 Å². The zero-order chi connectivity index (χ0) is 21.1. The molecule has 3 aromatic carbocycles. The Morgan fingerprint density at radius 3 is 2.23 bits per heavy atom. The smallest absolute Gasteiger partial charge is 0.168 e. The van der Waals surface area contributed by atoms with E-state index in [9.17, 15) is 13.2 Å². The van der Waals surface area contributed by atoms with Crippen molar-refractivity contribution in [3.8, 4) is 11.5 Å². The predicted octanol–water partition coefficient (Wildman–Crippen LogP) is 6.58. The molecule has 0 saturated carbocycles. The maximum absolute atomic E-state index is 13.7. The summed E-state index contributed by atoms with van der Waals surface area (Å²) >= 11 is 0. The average Bonchev–Trinajstić information content (AvgIpc) is 2.74. The molecule has 1 fully saturated rings. The third-order valence-corrected chi connectivity index (χ3v) is 5.75. The molecule has 3 aromatic rings. The van der Waals surface area contributed by atoms with Crippen LogP contribution in [0.5, 0.6) is 11.5 Å². The Kier molecular flexibility index (Phi) is 6.09. The number of hydrogen-bond acceptors (Lipinski definition) is 2. The molecular weight excluding hydrogens is 387 g/mol. The zero-order valence-corrected chi connectivity index (χ0v) is 16.9. The lowest BCUT2D eigenvalue weighted by atomic mass is 9.87. The Bertz CT molecular complexity index is 1010. The Morgan fingerprint density at radius 2 is 1.53 bits per heavy atom. The molecule has 30 heavy (non-hydrogen) atoms. The van der Waals surface area contributed by atoms with E-state index in [0.29, 0.717) is 17.7 Å². The van der Waals surface area contributed by atoms with Gasteiger partial charge < -0.3 is 4.74 Å². The molecular formula is C25H24F3NO. The van der Waals surface area contributed by atoms with Crippen molar-refractivity contribution in [3.05, 3.63) is 94.8 Å². The number of likely N-dealkylation sites (tertiary alicyclic amines) is 1. The summed E-state index contributed by atoms with van der Waals surface area (Å²) in [7, 11) is 0. The molecule has 4 rings (SSSR count). The minimum Gasteiger partial charge on any atom is -0.454 e. The maximum atomic E-state index is 13.7. The molecule has 0 amide bonds. The lowest BCUT2D eigenvalue weighted by Crippen LogP contribution is -2.32. The molecule has 1 aliphatic heterocycles. The second-order valence-electron chi connectivity index (χ2n) is 7.85. The van der Waals surface area contributed by atoms with E-state index >= 15 is 0 Å². The van der Waals surface area contributed by atoms with Gasteiger partial charge >= 0.3 is 0 Å². The fourth-order valence-corrected chi connectivity index (χ4v) is 4.08. The Labute approximate surface area is 174 Å². The molecule has 5 heteroatoms. The summed E-state index contributed by atoms with van der Waals surface area (Å²) in [6.07, 6.45) is 2.28. The van der Waals surface area contributed by atoms with Gasteiger partial charge in [-0.15, -0.1) is 0 Å². The number of aryl methyl sites for hydroxylation is 1. The molecule has 0 aromatic heterocycles. The topological polar surface area (TPSA) is 12.5 Å². The summed E-state index contributed by atoms with van der Waals surface area (Å²) in [6, 6.07) is 17.1. The third kappa shape index (κ3) is 4.68. The summed E-state index contributed by atoms with van der Waals surface area (Å²) in [5.41, 5.74) is 3.95. The molecule has 0 aliphatic carbocycles. The number of hydrogen-bond donors (Lipinski definition) is 0. The molecule has 0 bridgehead atoms. The van der Waals surface area contributed by atoms with E-state index in [1.54, 1.807) is 12.1 Å². The Balaban J connectivity index is 1.33. The van der Waals surface area contributed by atoms with E-state index in [1.165, 1.54) is 11.1 Å². The number of rotatable bonds is 5. The molecule has 1 saturated heterocycles. The summed E-state index contributed by atoms with van der Waals surface area (Å²) in [5, 5.41) is 0. The highest BCUT2D eigenvalue weighted by Crippen LogP contribution is 2.31. The molecule has 0 spiro atoms. The largest absolute Gasteiger partial charge is 0.454 e. The van der Waals surface area contributed by atoms with E-state index in [-0.39, 0.29) is 5.75 Å². The minimum atomic E-state index is -1.23. The third-order valence-electron chi connectivity index (χ3n) is 5.75. The van der Waals surface area contributed by atoms with Crippen LogP contribution >= 0.6 is 0 Å². The van der Waals surface area contributed by atoms with Crippen LogP contribution in [0.2, 0.25) is 0 Å². The van der Waals surface area contributed by atoms with Gasteiger partial charge in [0, 0.05) is 18.7 Å². The van der Waals surface area contributed by atoms with Crippen LogP contribution in [0.15, 0.2) is 60.7 Å². The second-order valence-corrected chi connectivity index (χ2v) is 7.85. The first-order chi connectivity index (χ1) is 14.5. The average molecular weight is 411 g/mol. The van der Waals surface area contributed by atoms with Gasteiger partial charge in [0.2, 0.25) is 0 Å². The van der Waals surface area contributed by atoms with Crippen molar-refractivity contribution in [2.45, 2.75) is 32.2 Å². The van der Waals surface area contributed by atoms with Crippen molar-refractivity contribution < 1.29 is 17.9 Å². The Hall–Kier alpha value is -2.79. The fourth-order valence-electron chi connectivity index (χ4n) is 4.08. The van der Waals surface area contributed by atoms with Crippen molar-refractivity contribution in [2.24, 2.45) is 0 Å². The van der Waals surface area contributed by atoms with Crippen molar-refractivity contribution in [2.75, 3.05) is 13.1 Å². The van der Waals surface area contributed by atoms with Crippen molar-refractivity contribution in [1.82, 2.24) is 4.90 Å². The van der Waals surface area contributed by atoms with Gasteiger partial charge in [-0.3, -0.25) is 4.90 Å². The molecule has 1 heterocycles. The first-order valence-corrected chi connectivity index (χ1v) is 10.2. The molecule has 0 unspecified atom stereocenters. The van der Waals surface area contributed by atoms with Crippen LogP contribution in [0.3, 0.4) is 0 Å². The number of halogens is 3. The quantitative estimate of drug-likeness (QED) is 0.440. The van der Waals surface area contributed by atoms with Gasteiger partial charge in [0.15, 0.2) is 23.2 Å².